The molecule has 2 aromatic rings. The minimum absolute atomic E-state index is 0. The number of phenolic OH excluding ortho intramolecular Hbond substituents is 1. The van der Waals surface area contributed by atoms with Gasteiger partial charge in [-0.25, -0.2) is 8.42 Å². The van der Waals surface area contributed by atoms with E-state index in [9.17, 15) is 18.1 Å². The molecule has 1 atom stereocenters. The standard InChI is InChI=1S/C15H14O6S.Na/c16-13-4-1-11-7-12(9-20-15(11)8-13)10-2-5-14(6-3-10)21-22(17,18)19;/h1-6,8,12,16H,7,9H2,(H,17,18,19);/q;+1/p-1/t12-;/m1./s1/i1D,4D,8D;. The van der Waals surface area contributed by atoms with E-state index in [1.165, 1.54) is 12.1 Å². The van der Waals surface area contributed by atoms with Crippen LogP contribution >= 0.6 is 0 Å². The molecule has 1 aliphatic rings. The Morgan fingerprint density at radius 2 is 2.00 bits per heavy atom. The molecule has 8 heteroatoms. The van der Waals surface area contributed by atoms with Crippen LogP contribution in [0.3, 0.4) is 0 Å². The molecule has 0 fully saturated rings. The van der Waals surface area contributed by atoms with Gasteiger partial charge >= 0.3 is 29.6 Å². The van der Waals surface area contributed by atoms with E-state index in [4.69, 9.17) is 8.85 Å². The summed E-state index contributed by atoms with van der Waals surface area (Å²) in [7, 11) is -4.84. The predicted octanol–water partition coefficient (Wildman–Crippen LogP) is -1.05. The Labute approximate surface area is 160 Å². The number of ether oxygens (including phenoxy) is 1. The Balaban J connectivity index is 0.00000243. The fourth-order valence-corrected chi connectivity index (χ4v) is 2.64. The van der Waals surface area contributed by atoms with Crippen molar-refractivity contribution in [2.75, 3.05) is 6.61 Å². The number of fused-ring (bicyclic) bond motifs is 1. The second-order valence-electron chi connectivity index (χ2n) is 4.80. The molecule has 3 rings (SSSR count). The topological polar surface area (TPSA) is 95.9 Å². The van der Waals surface area contributed by atoms with E-state index in [-0.39, 0.29) is 65.7 Å². The van der Waals surface area contributed by atoms with Gasteiger partial charge in [0.25, 0.3) is 10.4 Å². The van der Waals surface area contributed by atoms with Crippen molar-refractivity contribution in [2.45, 2.75) is 12.3 Å². The summed E-state index contributed by atoms with van der Waals surface area (Å²) in [4.78, 5) is 0. The Kier molecular flexibility index (Phi) is 4.36. The first-order chi connectivity index (χ1) is 11.7. The maximum absolute atomic E-state index is 10.6. The van der Waals surface area contributed by atoms with E-state index in [1.54, 1.807) is 12.1 Å². The third kappa shape index (κ3) is 4.62. The van der Waals surface area contributed by atoms with Gasteiger partial charge in [0.2, 0.25) is 0 Å². The van der Waals surface area contributed by atoms with Crippen molar-refractivity contribution in [3.05, 3.63) is 53.5 Å². The number of rotatable bonds is 3. The molecule has 1 heterocycles. The van der Waals surface area contributed by atoms with Crippen LogP contribution in [0.15, 0.2) is 42.4 Å². The normalized spacial score (nSPS) is 18.5. The average molecular weight is 347 g/mol. The van der Waals surface area contributed by atoms with Crippen LogP contribution in [-0.2, 0) is 16.8 Å². The van der Waals surface area contributed by atoms with Crippen LogP contribution in [0.2, 0.25) is 0 Å². The summed E-state index contributed by atoms with van der Waals surface area (Å²) in [6, 6.07) is 4.91. The summed E-state index contributed by atoms with van der Waals surface area (Å²) >= 11 is 0. The zero-order valence-electron chi connectivity index (χ0n) is 15.2. The molecule has 0 aromatic heterocycles. The van der Waals surface area contributed by atoms with E-state index >= 15 is 0 Å². The van der Waals surface area contributed by atoms with Crippen LogP contribution in [-0.4, -0.2) is 24.7 Å². The third-order valence-corrected chi connectivity index (χ3v) is 3.66. The SMILES string of the molecule is [2H]c1c([2H])c2c(c([2H])c1O)OC[C@H](c1ccc(OS(=O)(=O)[O-])cc1)C2.[Na+]. The van der Waals surface area contributed by atoms with Crippen LogP contribution < -0.4 is 38.5 Å². The molecule has 1 N–H and O–H groups in total. The molecular weight excluding hydrogens is 331 g/mol. The summed E-state index contributed by atoms with van der Waals surface area (Å²) in [5.41, 5.74) is 1.12. The molecule has 116 valence electrons. The first-order valence-corrected chi connectivity index (χ1v) is 7.70. The maximum atomic E-state index is 10.6. The molecule has 23 heavy (non-hydrogen) atoms. The quantitative estimate of drug-likeness (QED) is 0.433. The van der Waals surface area contributed by atoms with Gasteiger partial charge in [-0.15, -0.1) is 0 Å². The first kappa shape index (κ1) is 14.1. The fraction of sp³-hybridized carbons (Fsp3) is 0.200. The molecule has 0 unspecified atom stereocenters. The van der Waals surface area contributed by atoms with Crippen molar-refractivity contribution in [1.29, 1.82) is 0 Å². The van der Waals surface area contributed by atoms with E-state index in [2.05, 4.69) is 4.18 Å². The Hall–Kier alpha value is -1.25. The van der Waals surface area contributed by atoms with Crippen molar-refractivity contribution in [1.82, 2.24) is 0 Å². The smallest absolute Gasteiger partial charge is 0.716 e. The molecule has 0 saturated heterocycles. The summed E-state index contributed by atoms with van der Waals surface area (Å²) in [5, 5.41) is 9.69. The minimum atomic E-state index is -4.84. The summed E-state index contributed by atoms with van der Waals surface area (Å²) < 4.78 is 65.0. The zero-order valence-corrected chi connectivity index (χ0v) is 15.0. The first-order valence-electron chi connectivity index (χ1n) is 7.87. The van der Waals surface area contributed by atoms with Gasteiger partial charge in [-0.05, 0) is 35.7 Å². The fourth-order valence-electron chi connectivity index (χ4n) is 2.29. The van der Waals surface area contributed by atoms with E-state index in [0.717, 1.165) is 5.56 Å². The van der Waals surface area contributed by atoms with Crippen LogP contribution in [0.1, 0.15) is 21.2 Å². The monoisotopic (exact) mass is 347 g/mol. The van der Waals surface area contributed by atoms with Gasteiger partial charge in [-0.3, -0.25) is 0 Å². The summed E-state index contributed by atoms with van der Waals surface area (Å²) in [5.74, 6) is -0.781. The number of hydrogen-bond donors (Lipinski definition) is 1. The van der Waals surface area contributed by atoms with Crippen LogP contribution in [0.5, 0.6) is 17.2 Å². The van der Waals surface area contributed by atoms with Crippen LogP contribution in [0.4, 0.5) is 0 Å². The molecule has 0 radical (unpaired) electrons. The van der Waals surface area contributed by atoms with Gasteiger partial charge in [0, 0.05) is 12.0 Å². The predicted molar refractivity (Wildman–Crippen MR) is 76.8 cm³/mol. The van der Waals surface area contributed by atoms with Crippen molar-refractivity contribution in [3.8, 4) is 17.2 Å². The molecule has 0 amide bonds. The van der Waals surface area contributed by atoms with Crippen molar-refractivity contribution < 1.29 is 60.7 Å². The van der Waals surface area contributed by atoms with E-state index in [1.807, 2.05) is 0 Å². The zero-order chi connectivity index (χ0) is 18.4. The largest absolute Gasteiger partial charge is 1.00 e. The average Bonchev–Trinajstić information content (AvgIpc) is 2.57. The Morgan fingerprint density at radius 3 is 2.65 bits per heavy atom. The van der Waals surface area contributed by atoms with Gasteiger partial charge in [0.05, 0.1) is 10.7 Å². The van der Waals surface area contributed by atoms with Gasteiger partial charge in [0.15, 0.2) is 0 Å². The Bertz CT molecular complexity index is 934. The maximum Gasteiger partial charge on any atom is 1.00 e. The summed E-state index contributed by atoms with van der Waals surface area (Å²) in [6.07, 6.45) is 0.326. The van der Waals surface area contributed by atoms with Gasteiger partial charge in [0.1, 0.15) is 17.2 Å². The second kappa shape index (κ2) is 7.11. The third-order valence-electron chi connectivity index (χ3n) is 3.27. The van der Waals surface area contributed by atoms with Crippen molar-refractivity contribution in [3.63, 3.8) is 0 Å². The molecule has 2 aromatic carbocycles. The molecule has 1 aliphatic heterocycles. The number of phenols is 1. The molecule has 6 nitrogen and oxygen atoms in total. The van der Waals surface area contributed by atoms with Gasteiger partial charge < -0.3 is 18.6 Å². The van der Waals surface area contributed by atoms with E-state index in [0.29, 0.717) is 12.0 Å². The number of benzene rings is 2. The van der Waals surface area contributed by atoms with Crippen molar-refractivity contribution in [2.24, 2.45) is 0 Å². The molecule has 0 aliphatic carbocycles. The van der Waals surface area contributed by atoms with Gasteiger partial charge in [-0.1, -0.05) is 18.2 Å². The van der Waals surface area contributed by atoms with Crippen LogP contribution in [0, 0.1) is 0 Å². The number of aromatic hydroxyl groups is 1. The van der Waals surface area contributed by atoms with Gasteiger partial charge in [-0.2, -0.15) is 0 Å². The molecule has 0 bridgehead atoms. The van der Waals surface area contributed by atoms with E-state index < -0.39 is 22.2 Å². The molecular formula is C15H13NaO6S. The molecule has 0 spiro atoms. The van der Waals surface area contributed by atoms with Crippen molar-refractivity contribution >= 4 is 10.4 Å². The number of hydrogen-bond acceptors (Lipinski definition) is 6. The second-order valence-corrected chi connectivity index (χ2v) is 5.79. The van der Waals surface area contributed by atoms with Crippen LogP contribution in [0.25, 0.3) is 0 Å². The molecule has 0 saturated carbocycles. The Morgan fingerprint density at radius 1 is 1.30 bits per heavy atom. The summed E-state index contributed by atoms with van der Waals surface area (Å²) in [6.45, 7) is 0.190. The minimum Gasteiger partial charge on any atom is -0.716 e.